The van der Waals surface area contributed by atoms with Gasteiger partial charge < -0.3 is 19.7 Å². The number of carboxylic acid groups (broad SMARTS) is 2. The van der Waals surface area contributed by atoms with E-state index >= 15 is 0 Å². The fourth-order valence-corrected chi connectivity index (χ4v) is 9.53. The van der Waals surface area contributed by atoms with Crippen molar-refractivity contribution in [3.05, 3.63) is 0 Å². The highest BCUT2D eigenvalue weighted by atomic mass is 16.6. The molecule has 0 saturated carbocycles. The van der Waals surface area contributed by atoms with Crippen LogP contribution in [0.15, 0.2) is 0 Å². The molecule has 4 aliphatic rings. The lowest BCUT2D eigenvalue weighted by molar-refractivity contribution is -0.179. The highest BCUT2D eigenvalue weighted by Crippen LogP contribution is 2.58. The molecule has 42 heavy (non-hydrogen) atoms. The van der Waals surface area contributed by atoms with E-state index in [2.05, 4.69) is 65.2 Å². The van der Waals surface area contributed by atoms with E-state index in [1.54, 1.807) is 0 Å². The SMILES string of the molecule is CC1(C)CC(C(CCCCCCCC(=O)O)(C(=O)O)C2CC(C)(C)N(CC3CO3)C(C)(C)C2)CC(C)(C)N1CC1CO1. The quantitative estimate of drug-likeness (QED) is 0.171. The van der Waals surface area contributed by atoms with Gasteiger partial charge in [0.1, 0.15) is 0 Å². The summed E-state index contributed by atoms with van der Waals surface area (Å²) in [5, 5.41) is 20.4. The van der Waals surface area contributed by atoms with Gasteiger partial charge in [-0.15, -0.1) is 0 Å². The summed E-state index contributed by atoms with van der Waals surface area (Å²) >= 11 is 0. The average Bonchev–Trinajstić information content (AvgIpc) is 3.75. The molecule has 0 spiro atoms. The van der Waals surface area contributed by atoms with Crippen molar-refractivity contribution in [2.24, 2.45) is 17.3 Å². The van der Waals surface area contributed by atoms with Crippen molar-refractivity contribution in [2.45, 2.75) is 160 Å². The zero-order valence-electron chi connectivity index (χ0n) is 27.8. The summed E-state index contributed by atoms with van der Waals surface area (Å²) in [6.45, 7) is 21.9. The molecule has 8 heteroatoms. The molecule has 4 saturated heterocycles. The van der Waals surface area contributed by atoms with E-state index in [0.717, 1.165) is 77.7 Å². The highest BCUT2D eigenvalue weighted by Gasteiger charge is 2.61. The minimum Gasteiger partial charge on any atom is -0.481 e. The van der Waals surface area contributed by atoms with Crippen molar-refractivity contribution in [3.8, 4) is 0 Å². The van der Waals surface area contributed by atoms with Gasteiger partial charge in [-0.25, -0.2) is 0 Å². The number of carbonyl (C=O) groups is 2. The lowest BCUT2D eigenvalue weighted by atomic mass is 9.52. The summed E-state index contributed by atoms with van der Waals surface area (Å²) in [5.41, 5.74) is -1.35. The van der Waals surface area contributed by atoms with Gasteiger partial charge in [0.25, 0.3) is 0 Å². The van der Waals surface area contributed by atoms with Crippen LogP contribution in [0.5, 0.6) is 0 Å². The maximum Gasteiger partial charge on any atom is 0.310 e. The molecule has 0 aromatic carbocycles. The fraction of sp³-hybridized carbons (Fsp3) is 0.941. The zero-order chi connectivity index (χ0) is 31.1. The van der Waals surface area contributed by atoms with Gasteiger partial charge in [0, 0.05) is 41.7 Å². The summed E-state index contributed by atoms with van der Waals surface area (Å²) < 4.78 is 11.3. The van der Waals surface area contributed by atoms with E-state index in [9.17, 15) is 14.7 Å². The van der Waals surface area contributed by atoms with Crippen LogP contribution in [-0.4, -0.2) is 92.6 Å². The lowest BCUT2D eigenvalue weighted by Crippen LogP contribution is -2.67. The minimum atomic E-state index is -0.811. The highest BCUT2D eigenvalue weighted by molar-refractivity contribution is 5.76. The molecule has 2 N–H and O–H groups in total. The molecular weight excluding hydrogens is 532 g/mol. The predicted octanol–water partition coefficient (Wildman–Crippen LogP) is 6.21. The van der Waals surface area contributed by atoms with Gasteiger partial charge in [0.05, 0.1) is 30.8 Å². The van der Waals surface area contributed by atoms with Crippen LogP contribution in [0.4, 0.5) is 0 Å². The van der Waals surface area contributed by atoms with Gasteiger partial charge >= 0.3 is 11.9 Å². The molecule has 242 valence electrons. The molecule has 4 rings (SSSR count). The third kappa shape index (κ3) is 7.52. The molecule has 4 fully saturated rings. The van der Waals surface area contributed by atoms with Crippen LogP contribution in [0.25, 0.3) is 0 Å². The smallest absolute Gasteiger partial charge is 0.310 e. The summed E-state index contributed by atoms with van der Waals surface area (Å²) in [7, 11) is 0. The molecule has 0 radical (unpaired) electrons. The number of rotatable bonds is 15. The Morgan fingerprint density at radius 2 is 1.02 bits per heavy atom. The predicted molar refractivity (Wildman–Crippen MR) is 165 cm³/mol. The van der Waals surface area contributed by atoms with Crippen molar-refractivity contribution < 1.29 is 29.3 Å². The molecule has 2 unspecified atom stereocenters. The number of epoxide rings is 2. The number of unbranched alkanes of at least 4 members (excludes halogenated alkanes) is 4. The van der Waals surface area contributed by atoms with Crippen LogP contribution < -0.4 is 0 Å². The molecule has 4 heterocycles. The lowest BCUT2D eigenvalue weighted by Gasteiger charge is -2.62. The molecule has 0 aromatic rings. The second-order valence-corrected chi connectivity index (χ2v) is 16.6. The van der Waals surface area contributed by atoms with E-state index in [0.29, 0.717) is 25.0 Å². The number of hydrogen-bond acceptors (Lipinski definition) is 6. The van der Waals surface area contributed by atoms with Crippen molar-refractivity contribution in [2.75, 3.05) is 26.3 Å². The molecule has 2 atom stereocenters. The van der Waals surface area contributed by atoms with Crippen molar-refractivity contribution in [3.63, 3.8) is 0 Å². The van der Waals surface area contributed by atoms with Crippen molar-refractivity contribution in [1.82, 2.24) is 9.80 Å². The number of aliphatic carboxylic acids is 2. The molecular formula is C34H60N2O6. The van der Waals surface area contributed by atoms with Gasteiger partial charge in [0.15, 0.2) is 0 Å². The molecule has 4 aliphatic heterocycles. The normalized spacial score (nSPS) is 30.5. The number of piperidine rings is 2. The largest absolute Gasteiger partial charge is 0.481 e. The Morgan fingerprint density at radius 3 is 1.36 bits per heavy atom. The number of likely N-dealkylation sites (tertiary alicyclic amines) is 2. The van der Waals surface area contributed by atoms with E-state index < -0.39 is 17.4 Å². The summed E-state index contributed by atoms with van der Waals surface area (Å²) in [6, 6.07) is 0. The number of nitrogens with zero attached hydrogens (tertiary/aromatic N) is 2. The first-order valence-electron chi connectivity index (χ1n) is 16.6. The van der Waals surface area contributed by atoms with Gasteiger partial charge in [-0.1, -0.05) is 25.7 Å². The first-order chi connectivity index (χ1) is 19.4. The van der Waals surface area contributed by atoms with E-state index in [4.69, 9.17) is 14.6 Å². The maximum absolute atomic E-state index is 13.9. The van der Waals surface area contributed by atoms with Crippen LogP contribution >= 0.6 is 0 Å². The third-order valence-electron chi connectivity index (χ3n) is 11.3. The minimum absolute atomic E-state index is 0.0679. The Morgan fingerprint density at radius 1 is 0.667 bits per heavy atom. The standard InChI is InChI=1S/C34H60N2O6/c1-30(2)16-24(17-31(3,4)35(30)20-26-22-41-26)34(29(39)40,15-13-11-9-10-12-14-28(37)38)25-18-32(5,6)36(21-27-23-42-27)33(7,8)19-25/h24-27H,9-23H2,1-8H3,(H,37,38)(H,39,40). The van der Waals surface area contributed by atoms with Crippen molar-refractivity contribution in [1.29, 1.82) is 0 Å². The fourth-order valence-electron chi connectivity index (χ4n) is 9.53. The zero-order valence-corrected chi connectivity index (χ0v) is 27.8. The van der Waals surface area contributed by atoms with Crippen molar-refractivity contribution >= 4 is 11.9 Å². The second kappa shape index (κ2) is 12.3. The number of hydrogen-bond donors (Lipinski definition) is 2. The summed E-state index contributed by atoms with van der Waals surface area (Å²) in [4.78, 5) is 30.0. The molecule has 8 nitrogen and oxygen atoms in total. The van der Waals surface area contributed by atoms with E-state index in [1.807, 2.05) is 0 Å². The molecule has 0 aromatic heterocycles. The number of carboxylic acids is 2. The van der Waals surface area contributed by atoms with E-state index in [1.165, 1.54) is 0 Å². The molecule has 0 amide bonds. The van der Waals surface area contributed by atoms with E-state index in [-0.39, 0.29) is 40.4 Å². The molecule has 0 bridgehead atoms. The number of ether oxygens (including phenoxy) is 2. The summed E-state index contributed by atoms with van der Waals surface area (Å²) in [5.74, 6) is -1.22. The van der Waals surface area contributed by atoms with Gasteiger partial charge in [-0.3, -0.25) is 19.4 Å². The summed E-state index contributed by atoms with van der Waals surface area (Å²) in [6.07, 6.45) is 9.31. The van der Waals surface area contributed by atoms with Crippen LogP contribution in [0, 0.1) is 17.3 Å². The Bertz CT molecular complexity index is 877. The van der Waals surface area contributed by atoms with Gasteiger partial charge in [-0.05, 0) is 106 Å². The van der Waals surface area contributed by atoms with Crippen LogP contribution in [0.3, 0.4) is 0 Å². The molecule has 0 aliphatic carbocycles. The Kier molecular flexibility index (Phi) is 9.85. The topological polar surface area (TPSA) is 106 Å². The first-order valence-corrected chi connectivity index (χ1v) is 16.6. The van der Waals surface area contributed by atoms with Gasteiger partial charge in [-0.2, -0.15) is 0 Å². The van der Waals surface area contributed by atoms with Crippen LogP contribution in [-0.2, 0) is 19.1 Å². The van der Waals surface area contributed by atoms with Crippen LogP contribution in [0.1, 0.15) is 126 Å². The van der Waals surface area contributed by atoms with Crippen LogP contribution in [0.2, 0.25) is 0 Å². The maximum atomic E-state index is 13.9. The second-order valence-electron chi connectivity index (χ2n) is 16.6. The third-order valence-corrected chi connectivity index (χ3v) is 11.3. The monoisotopic (exact) mass is 592 g/mol. The van der Waals surface area contributed by atoms with Gasteiger partial charge in [0.2, 0.25) is 0 Å². The Balaban J connectivity index is 1.63. The average molecular weight is 593 g/mol. The first kappa shape index (κ1) is 33.7. The Hall–Kier alpha value is -1.22. The Labute approximate surface area is 254 Å².